The molecule has 0 atom stereocenters. The third-order valence-electron chi connectivity index (χ3n) is 2.60. The van der Waals surface area contributed by atoms with Gasteiger partial charge in [0.1, 0.15) is 12.1 Å². The molecule has 0 aliphatic heterocycles. The number of rotatable bonds is 10. The fourth-order valence-corrected chi connectivity index (χ4v) is 1.68. The van der Waals surface area contributed by atoms with Crippen molar-refractivity contribution in [2.75, 3.05) is 13.2 Å². The summed E-state index contributed by atoms with van der Waals surface area (Å²) in [6, 6.07) is 0. The summed E-state index contributed by atoms with van der Waals surface area (Å²) in [6.45, 7) is 10.3. The smallest absolute Gasteiger partial charge is 0.132 e. The summed E-state index contributed by atoms with van der Waals surface area (Å²) in [5.74, 6) is 0.126. The topological polar surface area (TPSA) is 52.6 Å². The average Bonchev–Trinajstić information content (AvgIpc) is 2.14. The minimum absolute atomic E-state index is 0.126. The Labute approximate surface area is 110 Å². The Morgan fingerprint density at radius 2 is 1.61 bits per heavy atom. The lowest BCUT2D eigenvalue weighted by molar-refractivity contribution is -0.124. The van der Waals surface area contributed by atoms with E-state index in [-0.39, 0.29) is 11.4 Å². The summed E-state index contributed by atoms with van der Waals surface area (Å²) >= 11 is 0. The molecule has 4 nitrogen and oxygen atoms in total. The average molecular weight is 258 g/mol. The Kier molecular flexibility index (Phi) is 7.33. The first-order valence-electron chi connectivity index (χ1n) is 6.39. The molecule has 0 aromatic heterocycles. The van der Waals surface area contributed by atoms with Gasteiger partial charge in [0.2, 0.25) is 0 Å². The first-order valence-corrected chi connectivity index (χ1v) is 6.39. The van der Waals surface area contributed by atoms with Crippen LogP contribution in [0.5, 0.6) is 0 Å². The molecule has 0 fully saturated rings. The second kappa shape index (κ2) is 7.64. The maximum absolute atomic E-state index is 11.1. The van der Waals surface area contributed by atoms with Crippen LogP contribution in [0.3, 0.4) is 0 Å². The first kappa shape index (κ1) is 17.3. The molecule has 0 heterocycles. The molecule has 0 saturated heterocycles. The molecule has 0 saturated carbocycles. The fraction of sp³-hybridized carbons (Fsp3) is 0.857. The predicted octanol–water partition coefficient (Wildman–Crippen LogP) is 2.54. The van der Waals surface area contributed by atoms with Crippen LogP contribution in [0.15, 0.2) is 0 Å². The zero-order chi connectivity index (χ0) is 14.2. The number of hydrogen-bond acceptors (Lipinski definition) is 4. The van der Waals surface area contributed by atoms with Gasteiger partial charge in [-0.05, 0) is 41.0 Å². The van der Waals surface area contributed by atoms with E-state index in [1.54, 1.807) is 6.92 Å². The second-order valence-corrected chi connectivity index (χ2v) is 5.80. The normalized spacial score (nSPS) is 12.5. The van der Waals surface area contributed by atoms with Gasteiger partial charge in [0, 0.05) is 12.8 Å². The molecule has 0 aliphatic carbocycles. The van der Waals surface area contributed by atoms with E-state index in [0.717, 1.165) is 12.7 Å². The second-order valence-electron chi connectivity index (χ2n) is 5.80. The lowest BCUT2D eigenvalue weighted by Crippen LogP contribution is -2.32. The van der Waals surface area contributed by atoms with E-state index in [2.05, 4.69) is 0 Å². The molecular formula is C14H26O4. The van der Waals surface area contributed by atoms with Crippen molar-refractivity contribution in [3.63, 3.8) is 0 Å². The van der Waals surface area contributed by atoms with Gasteiger partial charge in [-0.3, -0.25) is 4.79 Å². The van der Waals surface area contributed by atoms with Crippen molar-refractivity contribution < 1.29 is 19.1 Å². The standard InChI is InChI=1S/C14H26O4/c1-12(16)11-14(4,5)18-10-7-13(2,3)17-9-6-8-15/h8H,6-7,9-11H2,1-5H3. The quantitative estimate of drug-likeness (QED) is 0.446. The molecule has 0 radical (unpaired) electrons. The van der Waals surface area contributed by atoms with Gasteiger partial charge in [-0.15, -0.1) is 0 Å². The number of ether oxygens (including phenoxy) is 2. The zero-order valence-electron chi connectivity index (χ0n) is 12.2. The fourth-order valence-electron chi connectivity index (χ4n) is 1.68. The van der Waals surface area contributed by atoms with E-state index >= 15 is 0 Å². The number of hydrogen-bond donors (Lipinski definition) is 0. The highest BCUT2D eigenvalue weighted by Crippen LogP contribution is 2.19. The molecule has 0 spiro atoms. The number of Topliss-reactive ketones (excluding diaryl/α,β-unsaturated/α-hetero) is 1. The van der Waals surface area contributed by atoms with E-state index in [1.165, 1.54) is 0 Å². The van der Waals surface area contributed by atoms with Gasteiger partial charge in [-0.25, -0.2) is 0 Å². The Balaban J connectivity index is 3.93. The first-order chi connectivity index (χ1) is 8.18. The third kappa shape index (κ3) is 9.31. The summed E-state index contributed by atoms with van der Waals surface area (Å²) < 4.78 is 11.3. The SMILES string of the molecule is CC(=O)CC(C)(C)OCCC(C)(C)OCCC=O. The highest BCUT2D eigenvalue weighted by Gasteiger charge is 2.23. The highest BCUT2D eigenvalue weighted by molar-refractivity contribution is 5.76. The molecule has 0 amide bonds. The monoisotopic (exact) mass is 258 g/mol. The molecule has 0 aliphatic rings. The van der Waals surface area contributed by atoms with Crippen molar-refractivity contribution in [1.82, 2.24) is 0 Å². The van der Waals surface area contributed by atoms with E-state index in [9.17, 15) is 9.59 Å². The van der Waals surface area contributed by atoms with Crippen LogP contribution in [0.1, 0.15) is 53.9 Å². The molecule has 4 heteroatoms. The Morgan fingerprint density at radius 1 is 1.06 bits per heavy atom. The molecule has 0 N–H and O–H groups in total. The van der Waals surface area contributed by atoms with E-state index in [0.29, 0.717) is 26.1 Å². The van der Waals surface area contributed by atoms with Gasteiger partial charge in [-0.2, -0.15) is 0 Å². The minimum Gasteiger partial charge on any atom is -0.375 e. The zero-order valence-corrected chi connectivity index (χ0v) is 12.2. The largest absolute Gasteiger partial charge is 0.375 e. The van der Waals surface area contributed by atoms with Gasteiger partial charge in [0.25, 0.3) is 0 Å². The van der Waals surface area contributed by atoms with Gasteiger partial charge < -0.3 is 14.3 Å². The van der Waals surface area contributed by atoms with Crippen molar-refractivity contribution in [2.45, 2.75) is 65.1 Å². The van der Waals surface area contributed by atoms with Gasteiger partial charge >= 0.3 is 0 Å². The van der Waals surface area contributed by atoms with Crippen LogP contribution in [0.4, 0.5) is 0 Å². The van der Waals surface area contributed by atoms with Crippen LogP contribution in [-0.4, -0.2) is 36.5 Å². The van der Waals surface area contributed by atoms with Crippen molar-refractivity contribution in [3.05, 3.63) is 0 Å². The van der Waals surface area contributed by atoms with Crippen molar-refractivity contribution >= 4 is 12.1 Å². The molecule has 0 aromatic carbocycles. The number of carbonyl (C=O) groups excluding carboxylic acids is 2. The van der Waals surface area contributed by atoms with Crippen LogP contribution in [0.25, 0.3) is 0 Å². The van der Waals surface area contributed by atoms with Gasteiger partial charge in [0.15, 0.2) is 0 Å². The number of ketones is 1. The highest BCUT2D eigenvalue weighted by atomic mass is 16.5. The third-order valence-corrected chi connectivity index (χ3v) is 2.60. The molecule has 0 rings (SSSR count). The number of carbonyl (C=O) groups is 2. The molecule has 0 unspecified atom stereocenters. The summed E-state index contributed by atoms with van der Waals surface area (Å²) in [7, 11) is 0. The van der Waals surface area contributed by atoms with E-state index in [4.69, 9.17) is 9.47 Å². The minimum atomic E-state index is -0.426. The maximum Gasteiger partial charge on any atom is 0.132 e. The predicted molar refractivity (Wildman–Crippen MR) is 70.7 cm³/mol. The molecule has 106 valence electrons. The Bertz CT molecular complexity index is 269. The summed E-state index contributed by atoms with van der Waals surface area (Å²) in [5, 5.41) is 0. The maximum atomic E-state index is 11.1. The van der Waals surface area contributed by atoms with E-state index in [1.807, 2.05) is 27.7 Å². The van der Waals surface area contributed by atoms with Crippen LogP contribution >= 0.6 is 0 Å². The van der Waals surface area contributed by atoms with Crippen molar-refractivity contribution in [2.24, 2.45) is 0 Å². The van der Waals surface area contributed by atoms with Crippen molar-refractivity contribution in [3.8, 4) is 0 Å². The molecular weight excluding hydrogens is 232 g/mol. The summed E-state index contributed by atoms with van der Waals surface area (Å²) in [4.78, 5) is 21.3. The summed E-state index contributed by atoms with van der Waals surface area (Å²) in [5.41, 5.74) is -0.736. The molecule has 0 aromatic rings. The number of aldehydes is 1. The molecule has 18 heavy (non-hydrogen) atoms. The molecule has 0 bridgehead atoms. The van der Waals surface area contributed by atoms with Crippen LogP contribution in [0.2, 0.25) is 0 Å². The van der Waals surface area contributed by atoms with Crippen LogP contribution < -0.4 is 0 Å². The lowest BCUT2D eigenvalue weighted by atomic mass is 10.0. The summed E-state index contributed by atoms with van der Waals surface area (Å²) in [6.07, 6.45) is 2.41. The van der Waals surface area contributed by atoms with Crippen molar-refractivity contribution in [1.29, 1.82) is 0 Å². The van der Waals surface area contributed by atoms with Gasteiger partial charge in [-0.1, -0.05) is 0 Å². The Hall–Kier alpha value is -0.740. The van der Waals surface area contributed by atoms with Crippen LogP contribution in [0, 0.1) is 0 Å². The van der Waals surface area contributed by atoms with Crippen LogP contribution in [-0.2, 0) is 19.1 Å². The Morgan fingerprint density at radius 3 is 2.11 bits per heavy atom. The van der Waals surface area contributed by atoms with E-state index < -0.39 is 5.60 Å². The lowest BCUT2D eigenvalue weighted by Gasteiger charge is -2.29. The van der Waals surface area contributed by atoms with Gasteiger partial charge in [0.05, 0.1) is 24.4 Å².